The van der Waals surface area contributed by atoms with Gasteiger partial charge in [0.05, 0.1) is 0 Å². The predicted octanol–water partition coefficient (Wildman–Crippen LogP) is 3.72. The zero-order valence-corrected chi connectivity index (χ0v) is 17.8. The van der Waals surface area contributed by atoms with Crippen LogP contribution in [0.25, 0.3) is 0 Å². The molecule has 0 radical (unpaired) electrons. The van der Waals surface area contributed by atoms with E-state index < -0.39 is 6.04 Å². The minimum Gasteiger partial charge on any atom is -0.382 e. The summed E-state index contributed by atoms with van der Waals surface area (Å²) in [7, 11) is 0. The van der Waals surface area contributed by atoms with Crippen LogP contribution in [-0.2, 0) is 27.3 Å². The summed E-state index contributed by atoms with van der Waals surface area (Å²) in [5.74, 6) is -0.649. The molecular formula is C24H31FN2O3. The molecule has 0 aliphatic heterocycles. The summed E-state index contributed by atoms with van der Waals surface area (Å²) in [5, 5.41) is 2.94. The number of halogens is 1. The Balaban J connectivity index is 2.20. The Kier molecular flexibility index (Phi) is 10.0. The normalized spacial score (nSPS) is 11.7. The fraction of sp³-hybridized carbons (Fsp3) is 0.417. The third-order valence-corrected chi connectivity index (χ3v) is 4.81. The quantitative estimate of drug-likeness (QED) is 0.539. The lowest BCUT2D eigenvalue weighted by Gasteiger charge is -2.31. The molecular weight excluding hydrogens is 383 g/mol. The Labute approximate surface area is 178 Å². The Hall–Kier alpha value is -2.73. The van der Waals surface area contributed by atoms with Gasteiger partial charge in [-0.1, -0.05) is 49.4 Å². The van der Waals surface area contributed by atoms with Crippen molar-refractivity contribution < 1.29 is 18.7 Å². The number of nitrogens with zero attached hydrogens (tertiary/aromatic N) is 1. The van der Waals surface area contributed by atoms with Gasteiger partial charge in [-0.25, -0.2) is 4.39 Å². The molecule has 0 aromatic heterocycles. The molecule has 0 aliphatic rings. The number of ether oxygens (including phenoxy) is 1. The predicted molar refractivity (Wildman–Crippen MR) is 115 cm³/mol. The highest BCUT2D eigenvalue weighted by molar-refractivity contribution is 5.87. The number of amides is 2. The maximum absolute atomic E-state index is 13.3. The van der Waals surface area contributed by atoms with Crippen LogP contribution in [0.5, 0.6) is 0 Å². The molecule has 2 amide bonds. The van der Waals surface area contributed by atoms with Gasteiger partial charge in [0.15, 0.2) is 0 Å². The zero-order chi connectivity index (χ0) is 21.8. The molecule has 1 atom stereocenters. The second-order valence-corrected chi connectivity index (χ2v) is 7.05. The number of rotatable bonds is 12. The van der Waals surface area contributed by atoms with Crippen LogP contribution in [0.1, 0.15) is 37.8 Å². The molecule has 0 heterocycles. The van der Waals surface area contributed by atoms with Crippen LogP contribution in [-0.4, -0.2) is 42.5 Å². The van der Waals surface area contributed by atoms with Crippen LogP contribution in [0.2, 0.25) is 0 Å². The van der Waals surface area contributed by atoms with Crippen LogP contribution >= 0.6 is 0 Å². The average Bonchev–Trinajstić information content (AvgIpc) is 2.77. The van der Waals surface area contributed by atoms with Crippen molar-refractivity contribution in [3.63, 3.8) is 0 Å². The number of benzene rings is 2. The Morgan fingerprint density at radius 3 is 2.37 bits per heavy atom. The van der Waals surface area contributed by atoms with E-state index in [0.29, 0.717) is 32.6 Å². The number of nitrogens with one attached hydrogen (secondary N) is 1. The van der Waals surface area contributed by atoms with E-state index in [0.717, 1.165) is 11.1 Å². The first-order valence-corrected chi connectivity index (χ1v) is 10.5. The molecule has 0 saturated carbocycles. The highest BCUT2D eigenvalue weighted by Crippen LogP contribution is 2.16. The zero-order valence-electron chi connectivity index (χ0n) is 17.8. The van der Waals surface area contributed by atoms with Crippen molar-refractivity contribution >= 4 is 11.8 Å². The van der Waals surface area contributed by atoms with Crippen molar-refractivity contribution in [3.8, 4) is 0 Å². The van der Waals surface area contributed by atoms with Crippen LogP contribution < -0.4 is 5.32 Å². The van der Waals surface area contributed by atoms with Crippen molar-refractivity contribution in [1.82, 2.24) is 10.2 Å². The molecule has 2 aromatic carbocycles. The van der Waals surface area contributed by atoms with Gasteiger partial charge in [0, 0.05) is 39.1 Å². The monoisotopic (exact) mass is 414 g/mol. The van der Waals surface area contributed by atoms with Gasteiger partial charge >= 0.3 is 0 Å². The number of carbonyl (C=O) groups excluding carboxylic acids is 2. The number of hydrogen-bond acceptors (Lipinski definition) is 3. The Bertz CT molecular complexity index is 781. The van der Waals surface area contributed by atoms with E-state index in [-0.39, 0.29) is 30.6 Å². The Morgan fingerprint density at radius 1 is 1.03 bits per heavy atom. The van der Waals surface area contributed by atoms with Crippen LogP contribution in [0.3, 0.4) is 0 Å². The molecule has 1 N–H and O–H groups in total. The molecule has 162 valence electrons. The first-order chi connectivity index (χ1) is 14.5. The number of carbonyl (C=O) groups is 2. The summed E-state index contributed by atoms with van der Waals surface area (Å²) >= 11 is 0. The van der Waals surface area contributed by atoms with Crippen molar-refractivity contribution in [2.75, 3.05) is 19.8 Å². The van der Waals surface area contributed by atoms with E-state index in [1.807, 2.05) is 37.3 Å². The first kappa shape index (κ1) is 23.5. The summed E-state index contributed by atoms with van der Waals surface area (Å²) in [6.07, 6.45) is 1.40. The third kappa shape index (κ3) is 7.59. The summed E-state index contributed by atoms with van der Waals surface area (Å²) in [6, 6.07) is 15.0. The lowest BCUT2D eigenvalue weighted by atomic mass is 10.0. The third-order valence-electron chi connectivity index (χ3n) is 4.81. The smallest absolute Gasteiger partial charge is 0.243 e. The molecule has 30 heavy (non-hydrogen) atoms. The lowest BCUT2D eigenvalue weighted by molar-refractivity contribution is -0.141. The Morgan fingerprint density at radius 2 is 1.73 bits per heavy atom. The van der Waals surface area contributed by atoms with Gasteiger partial charge in [-0.05, 0) is 36.6 Å². The highest BCUT2D eigenvalue weighted by Gasteiger charge is 2.29. The van der Waals surface area contributed by atoms with Gasteiger partial charge < -0.3 is 15.0 Å². The van der Waals surface area contributed by atoms with E-state index in [1.54, 1.807) is 24.0 Å². The van der Waals surface area contributed by atoms with Gasteiger partial charge in [-0.2, -0.15) is 0 Å². The van der Waals surface area contributed by atoms with Gasteiger partial charge in [-0.3, -0.25) is 9.59 Å². The topological polar surface area (TPSA) is 58.6 Å². The van der Waals surface area contributed by atoms with Gasteiger partial charge in [-0.15, -0.1) is 0 Å². The second kappa shape index (κ2) is 12.8. The van der Waals surface area contributed by atoms with Gasteiger partial charge in [0.25, 0.3) is 0 Å². The van der Waals surface area contributed by atoms with Crippen molar-refractivity contribution in [2.24, 2.45) is 0 Å². The van der Waals surface area contributed by atoms with Crippen LogP contribution in [0.4, 0.5) is 4.39 Å². The van der Waals surface area contributed by atoms with E-state index in [1.165, 1.54) is 12.1 Å². The standard InChI is InChI=1S/C24H31FN2O3/c1-3-23(28)27(18-20-11-13-21(25)14-12-20)22(17-19-9-6-5-7-10-19)24(29)26-15-8-16-30-4-2/h5-7,9-14,22H,3-4,8,15-18H2,1-2H3,(H,26,29)/t22-/m1/s1. The van der Waals surface area contributed by atoms with Crippen molar-refractivity contribution in [3.05, 3.63) is 71.5 Å². The van der Waals surface area contributed by atoms with Crippen LogP contribution in [0, 0.1) is 5.82 Å². The van der Waals surface area contributed by atoms with E-state index in [2.05, 4.69) is 5.32 Å². The molecule has 2 rings (SSSR count). The molecule has 0 bridgehead atoms. The van der Waals surface area contributed by atoms with Crippen molar-refractivity contribution in [1.29, 1.82) is 0 Å². The minimum absolute atomic E-state index is 0.121. The SMILES string of the molecule is CCOCCCNC(=O)[C@@H](Cc1ccccc1)N(Cc1ccc(F)cc1)C(=O)CC. The van der Waals surface area contributed by atoms with Gasteiger partial charge in [0.2, 0.25) is 11.8 Å². The molecule has 0 aliphatic carbocycles. The maximum Gasteiger partial charge on any atom is 0.243 e. The van der Waals surface area contributed by atoms with Gasteiger partial charge in [0.1, 0.15) is 11.9 Å². The maximum atomic E-state index is 13.3. The molecule has 0 spiro atoms. The highest BCUT2D eigenvalue weighted by atomic mass is 19.1. The largest absolute Gasteiger partial charge is 0.382 e. The summed E-state index contributed by atoms with van der Waals surface area (Å²) < 4.78 is 18.6. The van der Waals surface area contributed by atoms with E-state index in [4.69, 9.17) is 4.74 Å². The summed E-state index contributed by atoms with van der Waals surface area (Å²) in [5.41, 5.74) is 1.75. The minimum atomic E-state index is -0.656. The first-order valence-electron chi connectivity index (χ1n) is 10.5. The van der Waals surface area contributed by atoms with E-state index in [9.17, 15) is 14.0 Å². The molecule has 2 aromatic rings. The summed E-state index contributed by atoms with van der Waals surface area (Å²) in [4.78, 5) is 27.5. The fourth-order valence-electron chi connectivity index (χ4n) is 3.19. The number of hydrogen-bond donors (Lipinski definition) is 1. The van der Waals surface area contributed by atoms with Crippen molar-refractivity contribution in [2.45, 2.75) is 45.7 Å². The van der Waals surface area contributed by atoms with E-state index >= 15 is 0 Å². The molecule has 0 saturated heterocycles. The average molecular weight is 415 g/mol. The lowest BCUT2D eigenvalue weighted by Crippen LogP contribution is -2.50. The summed E-state index contributed by atoms with van der Waals surface area (Å²) in [6.45, 7) is 5.65. The second-order valence-electron chi connectivity index (χ2n) is 7.05. The fourth-order valence-corrected chi connectivity index (χ4v) is 3.19. The molecule has 6 heteroatoms. The molecule has 0 fully saturated rings. The van der Waals surface area contributed by atoms with Crippen LogP contribution in [0.15, 0.2) is 54.6 Å². The molecule has 0 unspecified atom stereocenters. The molecule has 5 nitrogen and oxygen atoms in total.